The van der Waals surface area contributed by atoms with Crippen LogP contribution in [-0.2, 0) is 5.41 Å². The molecule has 1 fully saturated rings. The van der Waals surface area contributed by atoms with Crippen molar-refractivity contribution in [1.82, 2.24) is 0 Å². The van der Waals surface area contributed by atoms with Gasteiger partial charge in [0.2, 0.25) is 0 Å². The lowest BCUT2D eigenvalue weighted by molar-refractivity contribution is 0.385. The van der Waals surface area contributed by atoms with Gasteiger partial charge in [0.25, 0.3) is 0 Å². The zero-order valence-electron chi connectivity index (χ0n) is 12.0. The van der Waals surface area contributed by atoms with Crippen LogP contribution in [0.15, 0.2) is 30.3 Å². The topological polar surface area (TPSA) is 0 Å². The molecular weight excluding hydrogens is 204 g/mol. The van der Waals surface area contributed by atoms with Gasteiger partial charge in [-0.1, -0.05) is 90.1 Å². The summed E-state index contributed by atoms with van der Waals surface area (Å²) in [6.07, 6.45) is 7.44. The molecule has 0 unspecified atom stereocenters. The number of hydrogen-bond acceptors (Lipinski definition) is 0. The Kier molecular flexibility index (Phi) is 5.74. The highest BCUT2D eigenvalue weighted by Crippen LogP contribution is 2.22. The Morgan fingerprint density at radius 1 is 0.882 bits per heavy atom. The van der Waals surface area contributed by atoms with Crippen molar-refractivity contribution in [3.8, 4) is 0 Å². The summed E-state index contributed by atoms with van der Waals surface area (Å²) in [6.45, 7) is 9.03. The molecule has 0 heterocycles. The van der Waals surface area contributed by atoms with Gasteiger partial charge in [-0.05, 0) is 16.9 Å². The summed E-state index contributed by atoms with van der Waals surface area (Å²) >= 11 is 0. The minimum Gasteiger partial charge on any atom is -0.0625 e. The monoisotopic (exact) mass is 232 g/mol. The molecule has 96 valence electrons. The smallest absolute Gasteiger partial charge is 0.0132 e. The zero-order chi connectivity index (χ0) is 12.7. The van der Waals surface area contributed by atoms with Crippen LogP contribution >= 0.6 is 0 Å². The fourth-order valence-corrected chi connectivity index (χ4v) is 2.24. The van der Waals surface area contributed by atoms with Crippen molar-refractivity contribution in [1.29, 1.82) is 0 Å². The molecule has 0 heteroatoms. The maximum Gasteiger partial charge on any atom is -0.0132 e. The normalized spacial score (nSPS) is 17.2. The standard InChI is InChI=1S/C10H14.C7H14/c1-10(2,3)9-7-5-4-6-8-9;1-7-5-3-2-4-6-7/h4-8H,1-3H3;7H,2-6H2,1H3. The van der Waals surface area contributed by atoms with Gasteiger partial charge < -0.3 is 0 Å². The molecule has 0 N–H and O–H groups in total. The average molecular weight is 232 g/mol. The highest BCUT2D eigenvalue weighted by atomic mass is 14.2. The van der Waals surface area contributed by atoms with E-state index in [9.17, 15) is 0 Å². The SMILES string of the molecule is CC(C)(C)c1ccccc1.CC1CCCCC1. The second-order valence-corrected chi connectivity index (χ2v) is 6.36. The van der Waals surface area contributed by atoms with Crippen LogP contribution in [0.2, 0.25) is 0 Å². The van der Waals surface area contributed by atoms with Gasteiger partial charge >= 0.3 is 0 Å². The first-order chi connectivity index (χ1) is 8.00. The van der Waals surface area contributed by atoms with E-state index in [4.69, 9.17) is 0 Å². The van der Waals surface area contributed by atoms with Crippen LogP contribution in [0.3, 0.4) is 0 Å². The van der Waals surface area contributed by atoms with Crippen molar-refractivity contribution in [3.63, 3.8) is 0 Å². The summed E-state index contributed by atoms with van der Waals surface area (Å²) < 4.78 is 0. The fourth-order valence-electron chi connectivity index (χ4n) is 2.24. The number of benzene rings is 1. The van der Waals surface area contributed by atoms with Crippen LogP contribution in [0.1, 0.15) is 65.4 Å². The van der Waals surface area contributed by atoms with E-state index in [2.05, 4.69) is 58.0 Å². The summed E-state index contributed by atoms with van der Waals surface area (Å²) in [5.74, 6) is 1.04. The summed E-state index contributed by atoms with van der Waals surface area (Å²) in [6, 6.07) is 10.6. The maximum atomic E-state index is 2.36. The molecule has 1 saturated carbocycles. The highest BCUT2D eigenvalue weighted by Gasteiger charge is 2.11. The minimum atomic E-state index is 0.293. The van der Waals surface area contributed by atoms with Crippen LogP contribution in [0.5, 0.6) is 0 Å². The van der Waals surface area contributed by atoms with Gasteiger partial charge in [-0.25, -0.2) is 0 Å². The lowest BCUT2D eigenvalue weighted by Crippen LogP contribution is -2.10. The van der Waals surface area contributed by atoms with Gasteiger partial charge in [0, 0.05) is 0 Å². The molecule has 0 aliphatic heterocycles. The molecule has 0 amide bonds. The van der Waals surface area contributed by atoms with Crippen molar-refractivity contribution in [2.45, 2.75) is 65.2 Å². The predicted octanol–water partition coefficient (Wildman–Crippen LogP) is 5.57. The second-order valence-electron chi connectivity index (χ2n) is 6.36. The Bertz CT molecular complexity index is 286. The molecule has 0 nitrogen and oxygen atoms in total. The van der Waals surface area contributed by atoms with E-state index in [1.807, 2.05) is 0 Å². The van der Waals surface area contributed by atoms with Crippen LogP contribution in [0.25, 0.3) is 0 Å². The third-order valence-corrected chi connectivity index (χ3v) is 3.53. The highest BCUT2D eigenvalue weighted by molar-refractivity contribution is 5.21. The van der Waals surface area contributed by atoms with E-state index in [1.165, 1.54) is 37.7 Å². The van der Waals surface area contributed by atoms with Gasteiger partial charge in [-0.3, -0.25) is 0 Å². The number of rotatable bonds is 0. The molecule has 1 aromatic carbocycles. The third-order valence-electron chi connectivity index (χ3n) is 3.53. The van der Waals surface area contributed by atoms with E-state index >= 15 is 0 Å². The zero-order valence-corrected chi connectivity index (χ0v) is 12.0. The third kappa shape index (κ3) is 5.91. The van der Waals surface area contributed by atoms with Crippen LogP contribution < -0.4 is 0 Å². The fraction of sp³-hybridized carbons (Fsp3) is 0.647. The first kappa shape index (κ1) is 14.3. The molecule has 0 spiro atoms. The minimum absolute atomic E-state index is 0.293. The molecule has 2 rings (SSSR count). The molecule has 1 aliphatic rings. The second kappa shape index (κ2) is 6.83. The van der Waals surface area contributed by atoms with Crippen molar-refractivity contribution in [2.75, 3.05) is 0 Å². The van der Waals surface area contributed by atoms with Crippen molar-refractivity contribution >= 4 is 0 Å². The Balaban J connectivity index is 0.000000181. The summed E-state index contributed by atoms with van der Waals surface area (Å²) in [5.41, 5.74) is 1.69. The molecule has 0 saturated heterocycles. The van der Waals surface area contributed by atoms with E-state index in [1.54, 1.807) is 0 Å². The number of hydrogen-bond donors (Lipinski definition) is 0. The Hall–Kier alpha value is -0.780. The van der Waals surface area contributed by atoms with Gasteiger partial charge in [-0.15, -0.1) is 0 Å². The molecule has 1 aromatic rings. The van der Waals surface area contributed by atoms with E-state index < -0.39 is 0 Å². The largest absolute Gasteiger partial charge is 0.0625 e. The van der Waals surface area contributed by atoms with Gasteiger partial charge in [0.15, 0.2) is 0 Å². The quantitative estimate of drug-likeness (QED) is 0.548. The van der Waals surface area contributed by atoms with Crippen LogP contribution in [0.4, 0.5) is 0 Å². The Morgan fingerprint density at radius 3 is 1.71 bits per heavy atom. The Labute approximate surface area is 107 Å². The van der Waals surface area contributed by atoms with Crippen LogP contribution in [-0.4, -0.2) is 0 Å². The molecule has 0 bridgehead atoms. The summed E-state index contributed by atoms with van der Waals surface area (Å²) in [5, 5.41) is 0. The molecule has 0 aromatic heterocycles. The predicted molar refractivity (Wildman–Crippen MR) is 77.4 cm³/mol. The first-order valence-corrected chi connectivity index (χ1v) is 7.05. The molecule has 0 radical (unpaired) electrons. The Morgan fingerprint density at radius 2 is 1.41 bits per heavy atom. The summed E-state index contributed by atoms with van der Waals surface area (Å²) in [4.78, 5) is 0. The van der Waals surface area contributed by atoms with E-state index in [0.29, 0.717) is 5.41 Å². The lowest BCUT2D eigenvalue weighted by atomic mass is 9.87. The molecule has 0 atom stereocenters. The van der Waals surface area contributed by atoms with Crippen molar-refractivity contribution < 1.29 is 0 Å². The average Bonchev–Trinajstić information content (AvgIpc) is 2.31. The summed E-state index contributed by atoms with van der Waals surface area (Å²) in [7, 11) is 0. The van der Waals surface area contributed by atoms with Gasteiger partial charge in [0.05, 0.1) is 0 Å². The van der Waals surface area contributed by atoms with E-state index in [-0.39, 0.29) is 0 Å². The lowest BCUT2D eigenvalue weighted by Gasteiger charge is -2.18. The molecule has 17 heavy (non-hydrogen) atoms. The first-order valence-electron chi connectivity index (χ1n) is 7.05. The van der Waals surface area contributed by atoms with Crippen LogP contribution in [0, 0.1) is 5.92 Å². The maximum absolute atomic E-state index is 2.36. The molecule has 1 aliphatic carbocycles. The van der Waals surface area contributed by atoms with Crippen molar-refractivity contribution in [3.05, 3.63) is 35.9 Å². The van der Waals surface area contributed by atoms with Gasteiger partial charge in [-0.2, -0.15) is 0 Å². The van der Waals surface area contributed by atoms with E-state index in [0.717, 1.165) is 5.92 Å². The van der Waals surface area contributed by atoms with Crippen molar-refractivity contribution in [2.24, 2.45) is 5.92 Å². The molecular formula is C17H28. The van der Waals surface area contributed by atoms with Gasteiger partial charge in [0.1, 0.15) is 0 Å².